The summed E-state index contributed by atoms with van der Waals surface area (Å²) in [6, 6.07) is 29.4. The minimum Gasteiger partial charge on any atom is -0.463 e. The quantitative estimate of drug-likeness (QED) is 0.0714. The first kappa shape index (κ1) is 46.1. The van der Waals surface area contributed by atoms with Crippen molar-refractivity contribution in [1.29, 1.82) is 0 Å². The van der Waals surface area contributed by atoms with Gasteiger partial charge in [0.1, 0.15) is 54.2 Å². The van der Waals surface area contributed by atoms with Crippen molar-refractivity contribution >= 4 is 36.2 Å². The van der Waals surface area contributed by atoms with Crippen LogP contribution in [-0.4, -0.2) is 101 Å². The number of rotatable bonds is 18. The first-order valence-electron chi connectivity index (χ1n) is 19.7. The van der Waals surface area contributed by atoms with Gasteiger partial charge in [-0.3, -0.25) is 9.59 Å². The summed E-state index contributed by atoms with van der Waals surface area (Å²) in [6.07, 6.45) is -7.75. The van der Waals surface area contributed by atoms with Crippen molar-refractivity contribution in [3.8, 4) is 0 Å². The maximum atomic E-state index is 12.8. The number of alkyl halides is 1. The molecular formula is C44H59BrO12Si. The van der Waals surface area contributed by atoms with Crippen LogP contribution in [0.1, 0.15) is 51.3 Å². The number of halogens is 1. The van der Waals surface area contributed by atoms with Crippen molar-refractivity contribution < 1.29 is 56.6 Å². The van der Waals surface area contributed by atoms with Crippen molar-refractivity contribution in [1.82, 2.24) is 0 Å². The predicted molar refractivity (Wildman–Crippen MR) is 222 cm³/mol. The lowest BCUT2D eigenvalue weighted by Crippen LogP contribution is -2.66. The van der Waals surface area contributed by atoms with Crippen LogP contribution in [0.15, 0.2) is 91.0 Å². The molecule has 5 rings (SSSR count). The Kier molecular flexibility index (Phi) is 17.1. The number of hydrogen-bond acceptors (Lipinski definition) is 12. The van der Waals surface area contributed by atoms with Crippen molar-refractivity contribution in [3.05, 3.63) is 108 Å². The topological polar surface area (TPSA) is 126 Å². The lowest BCUT2D eigenvalue weighted by atomic mass is 9.97. The lowest BCUT2D eigenvalue weighted by Gasteiger charge is -2.50. The Hall–Kier alpha value is -3.02. The zero-order valence-electron chi connectivity index (χ0n) is 34.7. The number of ether oxygens (including phenoxy) is 9. The zero-order chi connectivity index (χ0) is 41.9. The van der Waals surface area contributed by atoms with Crippen LogP contribution >= 0.6 is 15.9 Å². The van der Waals surface area contributed by atoms with Crippen molar-refractivity contribution in [2.45, 2.75) is 133 Å². The fourth-order valence-corrected chi connectivity index (χ4v) is 8.56. The van der Waals surface area contributed by atoms with Crippen LogP contribution in [0, 0.1) is 0 Å². The Morgan fingerprint density at radius 3 is 1.66 bits per heavy atom. The molecule has 2 saturated heterocycles. The number of benzene rings is 3. The van der Waals surface area contributed by atoms with Gasteiger partial charge in [-0.1, -0.05) is 128 Å². The Bertz CT molecular complexity index is 1690. The maximum absolute atomic E-state index is 12.8. The van der Waals surface area contributed by atoms with E-state index in [2.05, 4.69) is 49.8 Å². The van der Waals surface area contributed by atoms with Gasteiger partial charge < -0.3 is 47.1 Å². The van der Waals surface area contributed by atoms with Crippen LogP contribution in [0.2, 0.25) is 18.1 Å². The average molecular weight is 888 g/mol. The zero-order valence-corrected chi connectivity index (χ0v) is 37.3. The van der Waals surface area contributed by atoms with Crippen molar-refractivity contribution in [2.75, 3.05) is 20.3 Å². The lowest BCUT2D eigenvalue weighted by molar-refractivity contribution is -0.350. The molecule has 0 unspecified atom stereocenters. The van der Waals surface area contributed by atoms with Gasteiger partial charge >= 0.3 is 11.9 Å². The monoisotopic (exact) mass is 886 g/mol. The van der Waals surface area contributed by atoms with Crippen LogP contribution in [0.25, 0.3) is 0 Å². The van der Waals surface area contributed by atoms with E-state index in [9.17, 15) is 9.59 Å². The molecule has 0 bridgehead atoms. The molecule has 0 radical (unpaired) electrons. The summed E-state index contributed by atoms with van der Waals surface area (Å²) in [5, 5.41) is -0.197. The minimum atomic E-state index is -2.50. The van der Waals surface area contributed by atoms with Crippen LogP contribution in [-0.2, 0) is 76.5 Å². The van der Waals surface area contributed by atoms with Gasteiger partial charge in [-0.15, -0.1) is 0 Å². The summed E-state index contributed by atoms with van der Waals surface area (Å²) < 4.78 is 64.5. The molecule has 0 amide bonds. The van der Waals surface area contributed by atoms with Gasteiger partial charge in [0.2, 0.25) is 0 Å². The summed E-state index contributed by atoms with van der Waals surface area (Å²) in [4.78, 5) is 24.2. The smallest absolute Gasteiger partial charge is 0.303 e. The Morgan fingerprint density at radius 1 is 0.655 bits per heavy atom. The van der Waals surface area contributed by atoms with Gasteiger partial charge in [0.25, 0.3) is 0 Å². The highest BCUT2D eigenvalue weighted by Gasteiger charge is 2.55. The van der Waals surface area contributed by atoms with Gasteiger partial charge in [0, 0.05) is 21.0 Å². The standard InChI is InChI=1S/C44H59BrO12Si/c1-29(46)50-28-35-38(57-58(7,8)44(3,4)5)39(53-30(2)47)36(45)42(54-35)56-37-34(27-49-24-31-18-12-9-13-19-31)55-43(48-6)41(52-26-33-22-16-11-17-23-33)40(37)51-25-32-20-14-10-15-21-32/h9-23,34-43H,24-28H2,1-8H3/t34-,35-,36-,37-,38-,39-,40+,41-,42+,43+/m1/s1. The molecule has 0 aliphatic carbocycles. The molecule has 3 aromatic rings. The number of esters is 2. The molecule has 2 aliphatic rings. The highest BCUT2D eigenvalue weighted by Crippen LogP contribution is 2.42. The summed E-state index contributed by atoms with van der Waals surface area (Å²) in [5.74, 6) is -1.01. The van der Waals surface area contributed by atoms with Gasteiger partial charge in [-0.05, 0) is 34.8 Å². The van der Waals surface area contributed by atoms with Crippen LogP contribution in [0.3, 0.4) is 0 Å². The summed E-state index contributed by atoms with van der Waals surface area (Å²) in [6.45, 7) is 13.9. The fraction of sp³-hybridized carbons (Fsp3) is 0.545. The van der Waals surface area contributed by atoms with E-state index >= 15 is 0 Å². The summed E-state index contributed by atoms with van der Waals surface area (Å²) in [7, 11) is -0.943. The Morgan fingerprint density at radius 2 is 1.16 bits per heavy atom. The molecule has 0 N–H and O–H groups in total. The van der Waals surface area contributed by atoms with Crippen molar-refractivity contribution in [2.24, 2.45) is 0 Å². The van der Waals surface area contributed by atoms with Crippen LogP contribution in [0.4, 0.5) is 0 Å². The molecule has 0 saturated carbocycles. The van der Waals surface area contributed by atoms with Gasteiger partial charge in [0.05, 0.1) is 26.4 Å². The van der Waals surface area contributed by atoms with E-state index in [-0.39, 0.29) is 31.5 Å². The van der Waals surface area contributed by atoms with E-state index < -0.39 is 80.4 Å². The Labute approximate surface area is 352 Å². The number of methoxy groups -OCH3 is 1. The second kappa shape index (κ2) is 21.5. The molecule has 2 aliphatic heterocycles. The molecule has 10 atom stereocenters. The highest BCUT2D eigenvalue weighted by atomic mass is 79.9. The van der Waals surface area contributed by atoms with Gasteiger partial charge in [-0.25, -0.2) is 0 Å². The molecule has 58 heavy (non-hydrogen) atoms. The molecule has 2 fully saturated rings. The van der Waals surface area contributed by atoms with E-state index in [1.165, 1.54) is 13.8 Å². The number of carbonyl (C=O) groups excluding carboxylic acids is 2. The van der Waals surface area contributed by atoms with Crippen molar-refractivity contribution in [3.63, 3.8) is 0 Å². The third kappa shape index (κ3) is 12.7. The molecule has 0 aromatic heterocycles. The predicted octanol–water partition coefficient (Wildman–Crippen LogP) is 7.50. The summed E-state index contributed by atoms with van der Waals surface area (Å²) >= 11 is 3.81. The SMILES string of the molecule is CO[C@H]1O[C@H](COCc2ccccc2)[C@@H](O[C@@H]2O[C@H](COC(C)=O)[C@@H](O[Si](C)(C)C(C)(C)C)[C@H](OC(C)=O)[C@H]2Br)[C@H](OCc2ccccc2)[C@H]1OCc1ccccc1. The molecule has 318 valence electrons. The molecule has 12 nitrogen and oxygen atoms in total. The third-order valence-electron chi connectivity index (χ3n) is 10.6. The van der Waals surface area contributed by atoms with Crippen LogP contribution in [0.5, 0.6) is 0 Å². The molecule has 3 aromatic carbocycles. The molecule has 14 heteroatoms. The molecular weight excluding hydrogens is 828 g/mol. The first-order valence-corrected chi connectivity index (χ1v) is 23.5. The van der Waals surface area contributed by atoms with E-state index in [1.807, 2.05) is 91.0 Å². The van der Waals surface area contributed by atoms with Gasteiger partial charge in [0.15, 0.2) is 20.9 Å². The third-order valence-corrected chi connectivity index (χ3v) is 16.1. The Balaban J connectivity index is 1.53. The van der Waals surface area contributed by atoms with E-state index in [0.29, 0.717) is 6.61 Å². The van der Waals surface area contributed by atoms with Crippen LogP contribution < -0.4 is 0 Å². The fourth-order valence-electron chi connectivity index (χ4n) is 6.58. The average Bonchev–Trinajstić information content (AvgIpc) is 3.19. The first-order chi connectivity index (χ1) is 27.7. The second-order valence-electron chi connectivity index (χ2n) is 16.1. The number of carbonyl (C=O) groups is 2. The van der Waals surface area contributed by atoms with E-state index in [4.69, 9.17) is 47.1 Å². The minimum absolute atomic E-state index is 0.0943. The highest BCUT2D eigenvalue weighted by molar-refractivity contribution is 9.09. The van der Waals surface area contributed by atoms with Gasteiger partial charge in [-0.2, -0.15) is 0 Å². The maximum Gasteiger partial charge on any atom is 0.303 e. The normalized spacial score (nSPS) is 27.8. The largest absolute Gasteiger partial charge is 0.463 e. The second-order valence-corrected chi connectivity index (χ2v) is 21.9. The number of hydrogen-bond donors (Lipinski definition) is 0. The summed E-state index contributed by atoms with van der Waals surface area (Å²) in [5.41, 5.74) is 2.88. The van der Waals surface area contributed by atoms with E-state index in [0.717, 1.165) is 16.7 Å². The molecule has 0 spiro atoms. The molecule has 2 heterocycles. The van der Waals surface area contributed by atoms with E-state index in [1.54, 1.807) is 7.11 Å².